The van der Waals surface area contributed by atoms with Crippen LogP contribution >= 0.6 is 0 Å². The summed E-state index contributed by atoms with van der Waals surface area (Å²) < 4.78 is 1.96. The molecule has 1 unspecified atom stereocenters. The lowest BCUT2D eigenvalue weighted by molar-refractivity contribution is 0.102. The average Bonchev–Trinajstić information content (AvgIpc) is 3.26. The van der Waals surface area contributed by atoms with Crippen LogP contribution in [0.5, 0.6) is 0 Å². The second-order valence-electron chi connectivity index (χ2n) is 7.50. The van der Waals surface area contributed by atoms with Gasteiger partial charge in [0, 0.05) is 30.5 Å². The Kier molecular flexibility index (Phi) is 5.00. The number of carbonyl (C=O) groups excluding carboxylic acids is 1. The first-order chi connectivity index (χ1) is 13.5. The predicted octanol–water partition coefficient (Wildman–Crippen LogP) is 2.92. The van der Waals surface area contributed by atoms with Crippen LogP contribution in [0.3, 0.4) is 0 Å². The fourth-order valence-electron chi connectivity index (χ4n) is 3.79. The number of aromatic nitrogens is 4. The molecule has 1 aliphatic rings. The van der Waals surface area contributed by atoms with E-state index in [1.54, 1.807) is 0 Å². The summed E-state index contributed by atoms with van der Waals surface area (Å²) in [5.41, 5.74) is 5.85. The summed E-state index contributed by atoms with van der Waals surface area (Å²) in [6, 6.07) is 11.8. The van der Waals surface area contributed by atoms with E-state index in [4.69, 9.17) is 0 Å². The first kappa shape index (κ1) is 18.4. The van der Waals surface area contributed by atoms with E-state index in [1.807, 2.05) is 41.1 Å². The molecule has 0 saturated carbocycles. The first-order valence-corrected chi connectivity index (χ1v) is 9.69. The standard InChI is InChI=1S/C21H26N6O/c1-14(11-19-15(2)23-24-16(19)3)26-9-10-27-18(13-26)12-20(25-27)21(28)22-17-7-5-4-6-8-17/h4-8,12,14H,9-11,13H2,1-3H3,(H,22,28)(H,23,24). The van der Waals surface area contributed by atoms with Gasteiger partial charge >= 0.3 is 0 Å². The van der Waals surface area contributed by atoms with Crippen molar-refractivity contribution in [2.24, 2.45) is 0 Å². The zero-order valence-electron chi connectivity index (χ0n) is 16.6. The zero-order chi connectivity index (χ0) is 19.7. The van der Waals surface area contributed by atoms with Gasteiger partial charge < -0.3 is 5.32 Å². The maximum Gasteiger partial charge on any atom is 0.276 e. The summed E-state index contributed by atoms with van der Waals surface area (Å²) in [6.07, 6.45) is 0.962. The molecule has 4 rings (SSSR count). The van der Waals surface area contributed by atoms with Gasteiger partial charge in [0.05, 0.1) is 17.9 Å². The molecule has 7 nitrogen and oxygen atoms in total. The maximum absolute atomic E-state index is 12.5. The molecule has 7 heteroatoms. The molecule has 2 aromatic heterocycles. The number of amides is 1. The van der Waals surface area contributed by atoms with E-state index in [2.05, 4.69) is 46.3 Å². The lowest BCUT2D eigenvalue weighted by Gasteiger charge is -2.32. The molecule has 146 valence electrons. The normalized spacial score (nSPS) is 15.2. The number of carbonyl (C=O) groups is 1. The molecule has 0 bridgehead atoms. The van der Waals surface area contributed by atoms with Crippen molar-refractivity contribution in [2.45, 2.75) is 46.3 Å². The van der Waals surface area contributed by atoms with Gasteiger partial charge in [-0.1, -0.05) is 18.2 Å². The molecule has 0 radical (unpaired) electrons. The summed E-state index contributed by atoms with van der Waals surface area (Å²) in [4.78, 5) is 15.0. The molecule has 0 aliphatic carbocycles. The molecule has 1 aliphatic heterocycles. The molecule has 2 N–H and O–H groups in total. The van der Waals surface area contributed by atoms with E-state index in [9.17, 15) is 4.79 Å². The van der Waals surface area contributed by atoms with Gasteiger partial charge in [0.2, 0.25) is 0 Å². The molecule has 28 heavy (non-hydrogen) atoms. The number of hydrogen-bond donors (Lipinski definition) is 2. The molecular formula is C21H26N6O. The van der Waals surface area contributed by atoms with Crippen LogP contribution in [0.1, 0.15) is 40.1 Å². The Bertz CT molecular complexity index is 955. The lowest BCUT2D eigenvalue weighted by atomic mass is 10.0. The zero-order valence-corrected chi connectivity index (χ0v) is 16.6. The number of nitrogens with one attached hydrogen (secondary N) is 2. The third kappa shape index (κ3) is 3.71. The van der Waals surface area contributed by atoms with Crippen LogP contribution in [0.25, 0.3) is 0 Å². The van der Waals surface area contributed by atoms with Crippen LogP contribution in [0.2, 0.25) is 0 Å². The third-order valence-corrected chi connectivity index (χ3v) is 5.50. The smallest absolute Gasteiger partial charge is 0.276 e. The van der Waals surface area contributed by atoms with E-state index in [1.165, 1.54) is 5.56 Å². The van der Waals surface area contributed by atoms with Gasteiger partial charge in [0.1, 0.15) is 0 Å². The second-order valence-corrected chi connectivity index (χ2v) is 7.50. The van der Waals surface area contributed by atoms with Crippen LogP contribution in [0, 0.1) is 13.8 Å². The molecule has 1 atom stereocenters. The van der Waals surface area contributed by atoms with Crippen LogP contribution in [-0.2, 0) is 19.5 Å². The maximum atomic E-state index is 12.5. The Labute approximate surface area is 164 Å². The molecule has 0 spiro atoms. The van der Waals surface area contributed by atoms with Gasteiger partial charge in [-0.15, -0.1) is 0 Å². The molecule has 0 fully saturated rings. The number of anilines is 1. The SMILES string of the molecule is Cc1n[nH]c(C)c1CC(C)N1CCn2nc(C(=O)Nc3ccccc3)cc2C1. The Hall–Kier alpha value is -2.93. The molecule has 1 aromatic carbocycles. The second kappa shape index (κ2) is 7.59. The van der Waals surface area contributed by atoms with Crippen LogP contribution in [0.4, 0.5) is 5.69 Å². The molecule has 1 amide bonds. The lowest BCUT2D eigenvalue weighted by Crippen LogP contribution is -2.40. The Morgan fingerprint density at radius 1 is 1.25 bits per heavy atom. The minimum atomic E-state index is -0.169. The van der Waals surface area contributed by atoms with Crippen molar-refractivity contribution in [3.63, 3.8) is 0 Å². The molecule has 3 heterocycles. The van der Waals surface area contributed by atoms with E-state index in [0.717, 1.165) is 48.8 Å². The third-order valence-electron chi connectivity index (χ3n) is 5.50. The predicted molar refractivity (Wildman–Crippen MR) is 108 cm³/mol. The van der Waals surface area contributed by atoms with Crippen molar-refractivity contribution in [1.82, 2.24) is 24.9 Å². The van der Waals surface area contributed by atoms with E-state index >= 15 is 0 Å². The number of nitrogens with zero attached hydrogens (tertiary/aromatic N) is 4. The number of fused-ring (bicyclic) bond motifs is 1. The monoisotopic (exact) mass is 378 g/mol. The van der Waals surface area contributed by atoms with Crippen molar-refractivity contribution in [2.75, 3.05) is 11.9 Å². The highest BCUT2D eigenvalue weighted by molar-refractivity contribution is 6.02. The number of aryl methyl sites for hydroxylation is 2. The van der Waals surface area contributed by atoms with Crippen molar-refractivity contribution >= 4 is 11.6 Å². The van der Waals surface area contributed by atoms with Gasteiger partial charge in [-0.05, 0) is 51.0 Å². The largest absolute Gasteiger partial charge is 0.321 e. The molecular weight excluding hydrogens is 352 g/mol. The summed E-state index contributed by atoms with van der Waals surface area (Å²) in [7, 11) is 0. The Morgan fingerprint density at radius 2 is 2.04 bits per heavy atom. The van der Waals surface area contributed by atoms with Crippen LogP contribution < -0.4 is 5.32 Å². The van der Waals surface area contributed by atoms with E-state index in [-0.39, 0.29) is 5.91 Å². The van der Waals surface area contributed by atoms with Crippen LogP contribution in [0.15, 0.2) is 36.4 Å². The van der Waals surface area contributed by atoms with E-state index in [0.29, 0.717) is 11.7 Å². The number of hydrogen-bond acceptors (Lipinski definition) is 4. The average molecular weight is 378 g/mol. The Morgan fingerprint density at radius 3 is 2.75 bits per heavy atom. The highest BCUT2D eigenvalue weighted by atomic mass is 16.2. The van der Waals surface area contributed by atoms with Crippen molar-refractivity contribution in [3.8, 4) is 0 Å². The van der Waals surface area contributed by atoms with E-state index < -0.39 is 0 Å². The summed E-state index contributed by atoms with van der Waals surface area (Å²) in [6.45, 7) is 8.89. The van der Waals surface area contributed by atoms with Gasteiger partial charge in [-0.3, -0.25) is 19.5 Å². The fourth-order valence-corrected chi connectivity index (χ4v) is 3.79. The number of H-pyrrole nitrogens is 1. The topological polar surface area (TPSA) is 78.8 Å². The number of para-hydroxylation sites is 1. The Balaban J connectivity index is 1.43. The number of aromatic amines is 1. The highest BCUT2D eigenvalue weighted by Crippen LogP contribution is 2.20. The highest BCUT2D eigenvalue weighted by Gasteiger charge is 2.25. The quantitative estimate of drug-likeness (QED) is 0.715. The first-order valence-electron chi connectivity index (χ1n) is 9.69. The summed E-state index contributed by atoms with van der Waals surface area (Å²) in [5, 5.41) is 14.8. The number of rotatable bonds is 5. The summed E-state index contributed by atoms with van der Waals surface area (Å²) in [5.74, 6) is -0.169. The van der Waals surface area contributed by atoms with Gasteiger partial charge in [-0.2, -0.15) is 10.2 Å². The van der Waals surface area contributed by atoms with Crippen molar-refractivity contribution < 1.29 is 4.79 Å². The van der Waals surface area contributed by atoms with Gasteiger partial charge in [-0.25, -0.2) is 0 Å². The van der Waals surface area contributed by atoms with Gasteiger partial charge in [0.15, 0.2) is 5.69 Å². The molecule has 3 aromatic rings. The summed E-state index contributed by atoms with van der Waals surface area (Å²) >= 11 is 0. The fraction of sp³-hybridized carbons (Fsp3) is 0.381. The minimum Gasteiger partial charge on any atom is -0.321 e. The van der Waals surface area contributed by atoms with Gasteiger partial charge in [0.25, 0.3) is 5.91 Å². The molecule has 0 saturated heterocycles. The number of benzene rings is 1. The van der Waals surface area contributed by atoms with Crippen LogP contribution in [-0.4, -0.2) is 43.4 Å². The van der Waals surface area contributed by atoms with Crippen molar-refractivity contribution in [3.05, 3.63) is 64.7 Å². The minimum absolute atomic E-state index is 0.169. The van der Waals surface area contributed by atoms with Crippen molar-refractivity contribution in [1.29, 1.82) is 0 Å².